The monoisotopic (exact) mass is 493 g/mol. The number of alkyl halides is 3. The molecule has 188 valence electrons. The quantitative estimate of drug-likeness (QED) is 0.287. The minimum absolute atomic E-state index is 0.115. The normalized spacial score (nSPS) is 21.5. The second-order valence-electron chi connectivity index (χ2n) is 9.95. The number of nitrogens with two attached hydrogens (primary N) is 1. The van der Waals surface area contributed by atoms with Gasteiger partial charge in [-0.3, -0.25) is 0 Å². The molecule has 2 aromatic heterocycles. The molecule has 0 radical (unpaired) electrons. The van der Waals surface area contributed by atoms with E-state index >= 15 is 0 Å². The average molecular weight is 494 g/mol. The van der Waals surface area contributed by atoms with E-state index in [2.05, 4.69) is 20.4 Å². The summed E-state index contributed by atoms with van der Waals surface area (Å²) in [4.78, 5) is 4.23. The van der Waals surface area contributed by atoms with Gasteiger partial charge in [0.25, 0.3) is 0 Å². The van der Waals surface area contributed by atoms with Crippen LogP contribution in [0.3, 0.4) is 0 Å². The van der Waals surface area contributed by atoms with E-state index in [-0.39, 0.29) is 31.1 Å². The maximum absolute atomic E-state index is 14.5. The van der Waals surface area contributed by atoms with Gasteiger partial charge in [-0.05, 0) is 67.2 Å². The van der Waals surface area contributed by atoms with Gasteiger partial charge in [0.2, 0.25) is 5.65 Å². The number of benzene rings is 2. The molecule has 1 unspecified atom stereocenters. The minimum atomic E-state index is -4.22. The van der Waals surface area contributed by atoms with Gasteiger partial charge in [0.05, 0.1) is 5.41 Å². The molecule has 2 heterocycles. The van der Waals surface area contributed by atoms with E-state index < -0.39 is 11.6 Å². The number of nitrogens with zero attached hydrogens (tertiary/aromatic N) is 3. The number of H-pyrrole nitrogens is 1. The van der Waals surface area contributed by atoms with Crippen molar-refractivity contribution in [2.75, 3.05) is 5.73 Å². The zero-order valence-electron chi connectivity index (χ0n) is 20.0. The van der Waals surface area contributed by atoms with Gasteiger partial charge in [0.15, 0.2) is 0 Å². The molecule has 5 rings (SSSR count). The second-order valence-corrected chi connectivity index (χ2v) is 9.95. The molecule has 1 saturated carbocycles. The van der Waals surface area contributed by atoms with E-state index in [4.69, 9.17) is 5.73 Å². The lowest BCUT2D eigenvalue weighted by Gasteiger charge is -2.42. The highest BCUT2D eigenvalue weighted by Gasteiger charge is 2.55. The van der Waals surface area contributed by atoms with E-state index in [0.29, 0.717) is 42.7 Å². The molecule has 4 aromatic rings. The van der Waals surface area contributed by atoms with Crippen molar-refractivity contribution in [3.05, 3.63) is 83.4 Å². The van der Waals surface area contributed by atoms with Crippen molar-refractivity contribution in [3.8, 4) is 0 Å². The van der Waals surface area contributed by atoms with Crippen LogP contribution in [0.2, 0.25) is 0 Å². The van der Waals surface area contributed by atoms with Crippen molar-refractivity contribution >= 4 is 17.0 Å². The Morgan fingerprint density at radius 2 is 1.64 bits per heavy atom. The maximum Gasteiger partial charge on any atom is 0.394 e. The van der Waals surface area contributed by atoms with Crippen LogP contribution in [0.1, 0.15) is 73.5 Å². The third-order valence-electron chi connectivity index (χ3n) is 7.88. The number of nitrogen functional groups attached to an aromatic ring is 1. The summed E-state index contributed by atoms with van der Waals surface area (Å²) in [6.45, 7) is 0. The highest BCUT2D eigenvalue weighted by Crippen LogP contribution is 2.55. The molecule has 2 aromatic carbocycles. The highest BCUT2D eigenvalue weighted by atomic mass is 19.4. The van der Waals surface area contributed by atoms with Gasteiger partial charge in [0, 0.05) is 5.92 Å². The van der Waals surface area contributed by atoms with Crippen LogP contribution in [0, 0.1) is 5.41 Å². The van der Waals surface area contributed by atoms with E-state index in [1.807, 2.05) is 60.7 Å². The SMILES string of the molecule is Nc1cc(C(CCCC2(C(F)(F)F)CCC(c3ccccc3)CC2)c2ccccc2)c2n[nH]nc2n1. The van der Waals surface area contributed by atoms with Crippen molar-refractivity contribution in [1.82, 2.24) is 20.4 Å². The molecule has 0 spiro atoms. The summed E-state index contributed by atoms with van der Waals surface area (Å²) in [5, 5.41) is 10.9. The molecule has 0 bridgehead atoms. The summed E-state index contributed by atoms with van der Waals surface area (Å²) in [5.41, 5.74) is 8.42. The zero-order valence-corrected chi connectivity index (χ0v) is 20.0. The minimum Gasteiger partial charge on any atom is -0.384 e. The number of anilines is 1. The molecule has 1 fully saturated rings. The van der Waals surface area contributed by atoms with Crippen LogP contribution >= 0.6 is 0 Å². The number of fused-ring (bicyclic) bond motifs is 1. The molecule has 1 atom stereocenters. The Morgan fingerprint density at radius 3 is 2.31 bits per heavy atom. The molecular formula is C28H30F3N5. The predicted octanol–water partition coefficient (Wildman–Crippen LogP) is 7.14. The van der Waals surface area contributed by atoms with Gasteiger partial charge in [0.1, 0.15) is 11.3 Å². The van der Waals surface area contributed by atoms with Crippen LogP contribution < -0.4 is 5.73 Å². The smallest absolute Gasteiger partial charge is 0.384 e. The van der Waals surface area contributed by atoms with Crippen molar-refractivity contribution in [3.63, 3.8) is 0 Å². The molecule has 0 amide bonds. The summed E-state index contributed by atoms with van der Waals surface area (Å²) in [6, 6.07) is 21.5. The maximum atomic E-state index is 14.5. The lowest BCUT2D eigenvalue weighted by atomic mass is 9.66. The number of rotatable bonds is 7. The Kier molecular flexibility index (Phi) is 6.69. The van der Waals surface area contributed by atoms with Crippen LogP contribution in [-0.4, -0.2) is 26.6 Å². The van der Waals surface area contributed by atoms with Crippen LogP contribution in [0.5, 0.6) is 0 Å². The van der Waals surface area contributed by atoms with E-state index in [9.17, 15) is 13.2 Å². The molecule has 0 aliphatic heterocycles. The topological polar surface area (TPSA) is 80.5 Å². The molecule has 1 aliphatic rings. The lowest BCUT2D eigenvalue weighted by molar-refractivity contribution is -0.238. The van der Waals surface area contributed by atoms with Gasteiger partial charge in [-0.15, -0.1) is 5.10 Å². The zero-order chi connectivity index (χ0) is 25.2. The lowest BCUT2D eigenvalue weighted by Crippen LogP contribution is -2.41. The Bertz CT molecular complexity index is 1280. The average Bonchev–Trinajstić information content (AvgIpc) is 3.35. The third kappa shape index (κ3) is 4.81. The summed E-state index contributed by atoms with van der Waals surface area (Å²) in [5.74, 6) is 0.354. The van der Waals surface area contributed by atoms with Crippen molar-refractivity contribution in [1.29, 1.82) is 0 Å². The van der Waals surface area contributed by atoms with Crippen molar-refractivity contribution in [2.24, 2.45) is 5.41 Å². The van der Waals surface area contributed by atoms with Gasteiger partial charge in [-0.25, -0.2) is 4.98 Å². The molecule has 5 nitrogen and oxygen atoms in total. The van der Waals surface area contributed by atoms with E-state index in [1.54, 1.807) is 6.07 Å². The number of aromatic amines is 1. The fourth-order valence-corrected chi connectivity index (χ4v) is 5.88. The summed E-state index contributed by atoms with van der Waals surface area (Å²) >= 11 is 0. The molecule has 8 heteroatoms. The first-order valence-corrected chi connectivity index (χ1v) is 12.5. The van der Waals surface area contributed by atoms with Crippen LogP contribution in [0.15, 0.2) is 66.7 Å². The Hall–Kier alpha value is -3.42. The Labute approximate surface area is 208 Å². The summed E-state index contributed by atoms with van der Waals surface area (Å²) in [7, 11) is 0. The van der Waals surface area contributed by atoms with Gasteiger partial charge < -0.3 is 5.73 Å². The first-order chi connectivity index (χ1) is 17.4. The van der Waals surface area contributed by atoms with Crippen LogP contribution in [0.4, 0.5) is 19.0 Å². The Morgan fingerprint density at radius 1 is 0.972 bits per heavy atom. The first-order valence-electron chi connectivity index (χ1n) is 12.5. The number of hydrogen-bond donors (Lipinski definition) is 2. The molecule has 36 heavy (non-hydrogen) atoms. The fourth-order valence-electron chi connectivity index (χ4n) is 5.88. The molecule has 1 aliphatic carbocycles. The number of nitrogens with one attached hydrogen (secondary N) is 1. The molecule has 0 saturated heterocycles. The van der Waals surface area contributed by atoms with Gasteiger partial charge in [-0.2, -0.15) is 23.5 Å². The first kappa shape index (κ1) is 24.3. The number of aromatic nitrogens is 4. The van der Waals surface area contributed by atoms with Gasteiger partial charge >= 0.3 is 6.18 Å². The summed E-state index contributed by atoms with van der Waals surface area (Å²) < 4.78 is 43.4. The standard InChI is InChI=1S/C28H30F3N5/c29-28(30,31)27(16-13-20(14-17-27)19-8-3-1-4-9-19)15-7-12-22(21-10-5-2-6-11-21)23-18-24(32)33-26-25(23)34-36-35-26/h1-6,8-11,18,20,22H,7,12-17H2,(H3,32,33,34,35,36). The predicted molar refractivity (Wildman–Crippen MR) is 134 cm³/mol. The van der Waals surface area contributed by atoms with Gasteiger partial charge in [-0.1, -0.05) is 67.1 Å². The summed E-state index contributed by atoms with van der Waals surface area (Å²) in [6.07, 6.45) is -1.66. The fraction of sp³-hybridized carbons (Fsp3) is 0.393. The van der Waals surface area contributed by atoms with Crippen LogP contribution in [-0.2, 0) is 0 Å². The van der Waals surface area contributed by atoms with Crippen molar-refractivity contribution in [2.45, 2.75) is 63.0 Å². The van der Waals surface area contributed by atoms with Crippen LogP contribution in [0.25, 0.3) is 11.2 Å². The molecule has 3 N–H and O–H groups in total. The Balaban J connectivity index is 1.36. The number of hydrogen-bond acceptors (Lipinski definition) is 4. The second kappa shape index (κ2) is 9.91. The van der Waals surface area contributed by atoms with E-state index in [0.717, 1.165) is 16.7 Å². The number of pyridine rings is 1. The highest BCUT2D eigenvalue weighted by molar-refractivity contribution is 5.77. The largest absolute Gasteiger partial charge is 0.394 e. The van der Waals surface area contributed by atoms with Crippen molar-refractivity contribution < 1.29 is 13.2 Å². The number of halogens is 3. The third-order valence-corrected chi connectivity index (χ3v) is 7.88. The molecular weight excluding hydrogens is 463 g/mol. The van der Waals surface area contributed by atoms with E-state index in [1.165, 1.54) is 0 Å².